The molecule has 0 aliphatic rings. The van der Waals surface area contributed by atoms with Crippen molar-refractivity contribution in [1.29, 1.82) is 0 Å². The number of benzene rings is 1. The van der Waals surface area contributed by atoms with Crippen LogP contribution in [0.3, 0.4) is 0 Å². The van der Waals surface area contributed by atoms with E-state index >= 15 is 0 Å². The molecule has 0 saturated carbocycles. The van der Waals surface area contributed by atoms with Crippen molar-refractivity contribution >= 4 is 5.83 Å². The first-order valence-corrected chi connectivity index (χ1v) is 5.14. The molecule has 1 aromatic heterocycles. The predicted octanol–water partition coefficient (Wildman–Crippen LogP) is 4.08. The van der Waals surface area contributed by atoms with Crippen molar-refractivity contribution in [1.82, 2.24) is 4.98 Å². The van der Waals surface area contributed by atoms with Crippen LogP contribution < -0.4 is 0 Å². The monoisotopic (exact) mass is 213 g/mol. The number of allylic oxidation sites excluding steroid dienone is 1. The third-order valence-electron chi connectivity index (χ3n) is 2.41. The van der Waals surface area contributed by atoms with Crippen LogP contribution in [0.2, 0.25) is 0 Å². The molecule has 16 heavy (non-hydrogen) atoms. The van der Waals surface area contributed by atoms with Crippen LogP contribution in [-0.2, 0) is 0 Å². The lowest BCUT2D eigenvalue weighted by Gasteiger charge is -2.02. The lowest BCUT2D eigenvalue weighted by atomic mass is 10.1. The molecule has 1 heterocycles. The molecule has 2 aromatic rings. The van der Waals surface area contributed by atoms with Crippen molar-refractivity contribution in [2.24, 2.45) is 0 Å². The quantitative estimate of drug-likeness (QED) is 0.732. The first-order chi connectivity index (χ1) is 7.81. The number of hydrogen-bond acceptors (Lipinski definition) is 1. The van der Waals surface area contributed by atoms with Crippen molar-refractivity contribution in [2.75, 3.05) is 0 Å². The van der Waals surface area contributed by atoms with E-state index in [1.165, 1.54) is 6.08 Å². The summed E-state index contributed by atoms with van der Waals surface area (Å²) in [7, 11) is 0. The van der Waals surface area contributed by atoms with Gasteiger partial charge >= 0.3 is 0 Å². The van der Waals surface area contributed by atoms with E-state index < -0.39 is 0 Å². The zero-order valence-corrected chi connectivity index (χ0v) is 9.02. The van der Waals surface area contributed by atoms with E-state index in [0.717, 1.165) is 11.1 Å². The Morgan fingerprint density at radius 2 is 1.88 bits per heavy atom. The number of aromatic nitrogens is 1. The summed E-state index contributed by atoms with van der Waals surface area (Å²) in [5.41, 5.74) is 2.69. The van der Waals surface area contributed by atoms with Gasteiger partial charge in [0.2, 0.25) is 0 Å². The second kappa shape index (κ2) is 4.71. The van der Waals surface area contributed by atoms with E-state index in [4.69, 9.17) is 0 Å². The second-order valence-corrected chi connectivity index (χ2v) is 3.46. The molecule has 0 bridgehead atoms. The number of nitrogens with zero attached hydrogens (tertiary/aromatic N) is 1. The second-order valence-electron chi connectivity index (χ2n) is 3.46. The molecule has 0 spiro atoms. The average molecular weight is 213 g/mol. The molecule has 0 N–H and O–H groups in total. The van der Waals surface area contributed by atoms with Gasteiger partial charge in [-0.25, -0.2) is 4.39 Å². The predicted molar refractivity (Wildman–Crippen MR) is 64.4 cm³/mol. The first kappa shape index (κ1) is 10.6. The van der Waals surface area contributed by atoms with Gasteiger partial charge < -0.3 is 0 Å². The van der Waals surface area contributed by atoms with Crippen LogP contribution in [0.4, 0.5) is 4.39 Å². The van der Waals surface area contributed by atoms with E-state index in [1.807, 2.05) is 24.3 Å². The molecule has 0 aliphatic carbocycles. The van der Waals surface area contributed by atoms with Gasteiger partial charge in [-0.2, -0.15) is 0 Å². The molecule has 0 unspecified atom stereocenters. The fraction of sp³-hybridized carbons (Fsp3) is 0.0714. The summed E-state index contributed by atoms with van der Waals surface area (Å²) >= 11 is 0. The first-order valence-electron chi connectivity index (χ1n) is 5.14. The van der Waals surface area contributed by atoms with E-state index in [-0.39, 0.29) is 5.83 Å². The summed E-state index contributed by atoms with van der Waals surface area (Å²) < 4.78 is 13.2. The van der Waals surface area contributed by atoms with E-state index in [9.17, 15) is 4.39 Å². The molecule has 1 aromatic carbocycles. The highest BCUT2D eigenvalue weighted by Crippen LogP contribution is 2.22. The third kappa shape index (κ3) is 2.16. The zero-order valence-electron chi connectivity index (χ0n) is 9.02. The summed E-state index contributed by atoms with van der Waals surface area (Å²) in [4.78, 5) is 4.05. The lowest BCUT2D eigenvalue weighted by molar-refractivity contribution is 0.758. The third-order valence-corrected chi connectivity index (χ3v) is 2.41. The summed E-state index contributed by atoms with van der Waals surface area (Å²) in [6, 6.07) is 11.2. The highest BCUT2D eigenvalue weighted by atomic mass is 19.1. The molecule has 80 valence electrons. The molecular formula is C14H12FN. The van der Waals surface area contributed by atoms with Crippen LogP contribution in [0.5, 0.6) is 0 Å². The molecule has 0 saturated heterocycles. The summed E-state index contributed by atoms with van der Waals surface area (Å²) in [5, 5.41) is 0. The standard InChI is InChI=1S/C14H12FN/c1-2-14(15)12-7-5-11(6-8-12)13-4-3-9-16-10-13/h2-10H,1H3/b14-2+. The summed E-state index contributed by atoms with van der Waals surface area (Å²) in [6.07, 6.45) is 4.98. The van der Waals surface area contributed by atoms with Crippen molar-refractivity contribution in [3.63, 3.8) is 0 Å². The Morgan fingerprint density at radius 3 is 2.44 bits per heavy atom. The van der Waals surface area contributed by atoms with E-state index in [2.05, 4.69) is 4.98 Å². The Hall–Kier alpha value is -1.96. The van der Waals surface area contributed by atoms with Crippen LogP contribution >= 0.6 is 0 Å². The van der Waals surface area contributed by atoms with Crippen molar-refractivity contribution in [3.05, 3.63) is 60.4 Å². The Balaban J connectivity index is 2.34. The molecule has 0 aliphatic heterocycles. The highest BCUT2D eigenvalue weighted by Gasteiger charge is 2.00. The number of rotatable bonds is 2. The fourth-order valence-electron chi connectivity index (χ4n) is 1.52. The number of pyridine rings is 1. The minimum absolute atomic E-state index is 0.197. The van der Waals surface area contributed by atoms with Crippen LogP contribution in [-0.4, -0.2) is 4.98 Å². The maximum atomic E-state index is 13.2. The fourth-order valence-corrected chi connectivity index (χ4v) is 1.52. The average Bonchev–Trinajstić information content (AvgIpc) is 2.39. The van der Waals surface area contributed by atoms with Gasteiger partial charge in [0.1, 0.15) is 5.83 Å². The van der Waals surface area contributed by atoms with Crippen molar-refractivity contribution < 1.29 is 4.39 Å². The van der Waals surface area contributed by atoms with Crippen LogP contribution in [0.15, 0.2) is 54.9 Å². The largest absolute Gasteiger partial charge is 0.264 e. The van der Waals surface area contributed by atoms with Crippen LogP contribution in [0.25, 0.3) is 17.0 Å². The molecule has 0 radical (unpaired) electrons. The van der Waals surface area contributed by atoms with Gasteiger partial charge in [-0.05, 0) is 24.1 Å². The Bertz CT molecular complexity index is 486. The molecule has 0 amide bonds. The normalized spacial score (nSPS) is 11.5. The van der Waals surface area contributed by atoms with E-state index in [0.29, 0.717) is 5.56 Å². The summed E-state index contributed by atoms with van der Waals surface area (Å²) in [5.74, 6) is -0.197. The molecule has 2 rings (SSSR count). The zero-order chi connectivity index (χ0) is 11.4. The van der Waals surface area contributed by atoms with Gasteiger partial charge in [-0.15, -0.1) is 0 Å². The SMILES string of the molecule is C/C=C(/F)c1ccc(-c2cccnc2)cc1. The molecule has 2 heteroatoms. The molecule has 0 fully saturated rings. The van der Waals surface area contributed by atoms with Gasteiger partial charge in [0, 0.05) is 18.0 Å². The van der Waals surface area contributed by atoms with Crippen molar-refractivity contribution in [3.8, 4) is 11.1 Å². The maximum absolute atomic E-state index is 13.2. The highest BCUT2D eigenvalue weighted by molar-refractivity contribution is 5.66. The number of halogens is 1. The van der Waals surface area contributed by atoms with Gasteiger partial charge in [0.05, 0.1) is 0 Å². The lowest BCUT2D eigenvalue weighted by Crippen LogP contribution is -1.81. The van der Waals surface area contributed by atoms with Gasteiger partial charge in [0.15, 0.2) is 0 Å². The van der Waals surface area contributed by atoms with Crippen LogP contribution in [0.1, 0.15) is 12.5 Å². The minimum Gasteiger partial charge on any atom is -0.264 e. The molecular weight excluding hydrogens is 201 g/mol. The van der Waals surface area contributed by atoms with Gasteiger partial charge in [0.25, 0.3) is 0 Å². The Kier molecular flexibility index (Phi) is 3.10. The van der Waals surface area contributed by atoms with Gasteiger partial charge in [-0.1, -0.05) is 36.4 Å². The molecule has 1 nitrogen and oxygen atoms in total. The summed E-state index contributed by atoms with van der Waals surface area (Å²) in [6.45, 7) is 1.68. The van der Waals surface area contributed by atoms with E-state index in [1.54, 1.807) is 31.5 Å². The number of hydrogen-bond donors (Lipinski definition) is 0. The minimum atomic E-state index is -0.197. The smallest absolute Gasteiger partial charge is 0.126 e. The van der Waals surface area contributed by atoms with Crippen LogP contribution in [0, 0.1) is 0 Å². The maximum Gasteiger partial charge on any atom is 0.126 e. The molecule has 0 atom stereocenters. The topological polar surface area (TPSA) is 12.9 Å². The van der Waals surface area contributed by atoms with Gasteiger partial charge in [-0.3, -0.25) is 4.98 Å². The Morgan fingerprint density at radius 1 is 1.12 bits per heavy atom. The van der Waals surface area contributed by atoms with Crippen molar-refractivity contribution in [2.45, 2.75) is 6.92 Å². The Labute approximate surface area is 94.3 Å².